The molecule has 0 saturated heterocycles. The number of nitriles is 1. The zero-order chi connectivity index (χ0) is 17.0. The zero-order valence-electron chi connectivity index (χ0n) is 12.7. The van der Waals surface area contributed by atoms with Crippen LogP contribution in [0.2, 0.25) is 5.02 Å². The van der Waals surface area contributed by atoms with Gasteiger partial charge in [-0.25, -0.2) is 9.18 Å². The first-order chi connectivity index (χ1) is 10.9. The van der Waals surface area contributed by atoms with Crippen LogP contribution in [0.3, 0.4) is 0 Å². The van der Waals surface area contributed by atoms with Crippen molar-refractivity contribution in [2.45, 2.75) is 13.0 Å². The SMILES string of the molecule is CC(c1ccccc1Cl)N(C)C(=O)Nc1ccc(F)cc1C#N. The van der Waals surface area contributed by atoms with Crippen molar-refractivity contribution < 1.29 is 9.18 Å². The highest BCUT2D eigenvalue weighted by Crippen LogP contribution is 2.27. The van der Waals surface area contributed by atoms with E-state index in [9.17, 15) is 9.18 Å². The molecule has 0 aromatic heterocycles. The van der Waals surface area contributed by atoms with Crippen molar-refractivity contribution >= 4 is 23.3 Å². The molecule has 0 aliphatic carbocycles. The summed E-state index contributed by atoms with van der Waals surface area (Å²) in [6, 6.07) is 12.1. The smallest absolute Gasteiger partial charge is 0.321 e. The van der Waals surface area contributed by atoms with Crippen molar-refractivity contribution in [1.29, 1.82) is 5.26 Å². The van der Waals surface area contributed by atoms with E-state index in [-0.39, 0.29) is 17.3 Å². The molecule has 2 rings (SSSR count). The van der Waals surface area contributed by atoms with Crippen molar-refractivity contribution in [3.8, 4) is 6.07 Å². The minimum Gasteiger partial charge on any atom is -0.321 e. The van der Waals surface area contributed by atoms with Crippen LogP contribution in [0.4, 0.5) is 14.9 Å². The molecule has 1 N–H and O–H groups in total. The molecule has 0 aliphatic heterocycles. The summed E-state index contributed by atoms with van der Waals surface area (Å²) in [7, 11) is 1.62. The van der Waals surface area contributed by atoms with Crippen molar-refractivity contribution in [1.82, 2.24) is 4.90 Å². The number of carbonyl (C=O) groups excluding carboxylic acids is 1. The fourth-order valence-corrected chi connectivity index (χ4v) is 2.41. The molecule has 2 amide bonds. The van der Waals surface area contributed by atoms with Gasteiger partial charge in [0.2, 0.25) is 0 Å². The number of hydrogen-bond acceptors (Lipinski definition) is 2. The lowest BCUT2D eigenvalue weighted by Gasteiger charge is -2.26. The number of halogens is 2. The number of amides is 2. The second-order valence-electron chi connectivity index (χ2n) is 5.04. The first kappa shape index (κ1) is 16.8. The highest BCUT2D eigenvalue weighted by molar-refractivity contribution is 6.31. The Bertz CT molecular complexity index is 773. The van der Waals surface area contributed by atoms with Gasteiger partial charge in [0.05, 0.1) is 17.3 Å². The van der Waals surface area contributed by atoms with E-state index < -0.39 is 11.8 Å². The van der Waals surface area contributed by atoms with E-state index in [0.717, 1.165) is 11.6 Å². The Labute approximate surface area is 139 Å². The Morgan fingerprint density at radius 3 is 2.70 bits per heavy atom. The maximum atomic E-state index is 13.1. The van der Waals surface area contributed by atoms with Crippen LogP contribution < -0.4 is 5.32 Å². The molecule has 0 heterocycles. The van der Waals surface area contributed by atoms with Crippen LogP contribution >= 0.6 is 11.6 Å². The topological polar surface area (TPSA) is 56.1 Å². The van der Waals surface area contributed by atoms with Gasteiger partial charge in [0, 0.05) is 12.1 Å². The Hall–Kier alpha value is -2.58. The van der Waals surface area contributed by atoms with E-state index in [4.69, 9.17) is 16.9 Å². The average molecular weight is 332 g/mol. The van der Waals surface area contributed by atoms with Gasteiger partial charge >= 0.3 is 6.03 Å². The maximum Gasteiger partial charge on any atom is 0.322 e. The summed E-state index contributed by atoms with van der Waals surface area (Å²) in [5.74, 6) is -0.530. The van der Waals surface area contributed by atoms with Crippen molar-refractivity contribution in [2.24, 2.45) is 0 Å². The van der Waals surface area contributed by atoms with E-state index in [1.165, 1.54) is 17.0 Å². The Balaban J connectivity index is 2.18. The number of hydrogen-bond donors (Lipinski definition) is 1. The summed E-state index contributed by atoms with van der Waals surface area (Å²) in [5, 5.41) is 12.2. The van der Waals surface area contributed by atoms with Gasteiger partial charge in [-0.1, -0.05) is 29.8 Å². The van der Waals surface area contributed by atoms with Crippen LogP contribution in [0, 0.1) is 17.1 Å². The first-order valence-corrected chi connectivity index (χ1v) is 7.29. The molecule has 0 aliphatic rings. The maximum absolute atomic E-state index is 13.1. The summed E-state index contributed by atoms with van der Waals surface area (Å²) in [6.07, 6.45) is 0. The van der Waals surface area contributed by atoms with Crippen LogP contribution in [0.1, 0.15) is 24.1 Å². The summed E-state index contributed by atoms with van der Waals surface area (Å²) < 4.78 is 13.1. The number of nitrogens with one attached hydrogen (secondary N) is 1. The van der Waals surface area contributed by atoms with Crippen molar-refractivity contribution in [3.63, 3.8) is 0 Å². The highest BCUT2D eigenvalue weighted by Gasteiger charge is 2.20. The Kier molecular flexibility index (Phi) is 5.20. The average Bonchev–Trinajstić information content (AvgIpc) is 2.55. The monoisotopic (exact) mass is 331 g/mol. The highest BCUT2D eigenvalue weighted by atomic mass is 35.5. The number of rotatable bonds is 3. The van der Waals surface area contributed by atoms with E-state index in [1.54, 1.807) is 13.1 Å². The van der Waals surface area contributed by atoms with Crippen LogP contribution in [0.15, 0.2) is 42.5 Å². The molecule has 1 unspecified atom stereocenters. The Morgan fingerprint density at radius 2 is 2.04 bits per heavy atom. The normalized spacial score (nSPS) is 11.4. The minimum atomic E-state index is -0.530. The second kappa shape index (κ2) is 7.12. The number of nitrogens with zero attached hydrogens (tertiary/aromatic N) is 2. The fraction of sp³-hybridized carbons (Fsp3) is 0.176. The third-order valence-electron chi connectivity index (χ3n) is 3.60. The van der Waals surface area contributed by atoms with E-state index in [1.807, 2.05) is 31.2 Å². The van der Waals surface area contributed by atoms with E-state index in [2.05, 4.69) is 5.32 Å². The minimum absolute atomic E-state index is 0.0668. The van der Waals surface area contributed by atoms with Crippen molar-refractivity contribution in [3.05, 3.63) is 64.4 Å². The van der Waals surface area contributed by atoms with Gasteiger partial charge in [-0.2, -0.15) is 5.26 Å². The molecule has 6 heteroatoms. The molecular formula is C17H15ClFN3O. The standard InChI is InChI=1S/C17H15ClFN3O/c1-11(14-5-3-4-6-15(14)18)22(2)17(23)21-16-8-7-13(19)9-12(16)10-20/h3-9,11H,1-2H3,(H,21,23). The lowest BCUT2D eigenvalue weighted by molar-refractivity contribution is 0.208. The van der Waals surface area contributed by atoms with Crippen LogP contribution in [-0.4, -0.2) is 18.0 Å². The second-order valence-corrected chi connectivity index (χ2v) is 5.45. The summed E-state index contributed by atoms with van der Waals surface area (Å²) in [6.45, 7) is 1.84. The van der Waals surface area contributed by atoms with Crippen molar-refractivity contribution in [2.75, 3.05) is 12.4 Å². The molecule has 2 aromatic carbocycles. The number of urea groups is 1. The van der Waals surface area contributed by atoms with Crippen LogP contribution in [-0.2, 0) is 0 Å². The largest absolute Gasteiger partial charge is 0.322 e. The summed E-state index contributed by atoms with van der Waals surface area (Å²) >= 11 is 6.15. The summed E-state index contributed by atoms with van der Waals surface area (Å²) in [4.78, 5) is 13.8. The molecule has 1 atom stereocenters. The molecule has 2 aromatic rings. The van der Waals surface area contributed by atoms with Crippen LogP contribution in [0.25, 0.3) is 0 Å². The molecule has 0 saturated carbocycles. The molecule has 0 bridgehead atoms. The number of benzene rings is 2. The van der Waals surface area contributed by atoms with Gasteiger partial charge in [0.25, 0.3) is 0 Å². The fourth-order valence-electron chi connectivity index (χ4n) is 2.12. The molecule has 23 heavy (non-hydrogen) atoms. The van der Waals surface area contributed by atoms with E-state index >= 15 is 0 Å². The van der Waals surface area contributed by atoms with Gasteiger partial charge < -0.3 is 10.2 Å². The molecule has 0 radical (unpaired) electrons. The van der Waals surface area contributed by atoms with Gasteiger partial charge in [-0.3, -0.25) is 0 Å². The number of carbonyl (C=O) groups is 1. The van der Waals surface area contributed by atoms with E-state index in [0.29, 0.717) is 5.02 Å². The summed E-state index contributed by atoms with van der Waals surface area (Å²) in [5.41, 5.74) is 1.14. The first-order valence-electron chi connectivity index (χ1n) is 6.92. The molecule has 118 valence electrons. The molecule has 0 spiro atoms. The quantitative estimate of drug-likeness (QED) is 0.895. The van der Waals surface area contributed by atoms with Gasteiger partial charge in [-0.15, -0.1) is 0 Å². The third-order valence-corrected chi connectivity index (χ3v) is 3.94. The molecule has 0 fully saturated rings. The Morgan fingerprint density at radius 1 is 1.35 bits per heavy atom. The lowest BCUT2D eigenvalue weighted by Crippen LogP contribution is -2.34. The van der Waals surface area contributed by atoms with Gasteiger partial charge in [0.15, 0.2) is 0 Å². The van der Waals surface area contributed by atoms with Gasteiger partial charge in [0.1, 0.15) is 11.9 Å². The van der Waals surface area contributed by atoms with Crippen LogP contribution in [0.5, 0.6) is 0 Å². The number of anilines is 1. The molecule has 4 nitrogen and oxygen atoms in total. The molecular weight excluding hydrogens is 317 g/mol. The third kappa shape index (κ3) is 3.79. The zero-order valence-corrected chi connectivity index (χ0v) is 13.4. The predicted octanol–water partition coefficient (Wildman–Crippen LogP) is 4.58. The van der Waals surface area contributed by atoms with Gasteiger partial charge in [-0.05, 0) is 36.8 Å². The predicted molar refractivity (Wildman–Crippen MR) is 87.8 cm³/mol. The lowest BCUT2D eigenvalue weighted by atomic mass is 10.1.